The predicted molar refractivity (Wildman–Crippen MR) is 94.6 cm³/mol. The fraction of sp³-hybridized carbons (Fsp3) is 0.895. The number of carbonyl (C=O) groups is 2. The number of ether oxygens (including phenoxy) is 1. The van der Waals surface area contributed by atoms with Gasteiger partial charge in [-0.05, 0) is 25.2 Å². The minimum absolute atomic E-state index is 0.0674. The Kier molecular flexibility index (Phi) is 6.67. The summed E-state index contributed by atoms with van der Waals surface area (Å²) in [7, 11) is 0. The highest BCUT2D eigenvalue weighted by Gasteiger charge is 2.30. The molecule has 0 bridgehead atoms. The second kappa shape index (κ2) is 8.32. The molecule has 2 atom stereocenters. The Morgan fingerprint density at radius 3 is 2.25 bits per heavy atom. The van der Waals surface area contributed by atoms with Crippen molar-refractivity contribution in [2.45, 2.75) is 65.9 Å². The molecule has 0 aromatic carbocycles. The molecule has 1 saturated heterocycles. The van der Waals surface area contributed by atoms with Gasteiger partial charge in [0.1, 0.15) is 6.61 Å². The summed E-state index contributed by atoms with van der Waals surface area (Å²) in [5.74, 6) is 0.789. The van der Waals surface area contributed by atoms with E-state index in [1.54, 1.807) is 0 Å². The Morgan fingerprint density at radius 1 is 0.958 bits per heavy atom. The standard InChI is InChI=1S/C19H34N2O3/c1-15-8-5-6-9-16(15)24-14-17(22)20-10-7-11-21(13-12-20)18(23)19(2,3)4/h15-16H,5-14H2,1-4H3/t15-,16-/m0/s1. The second-order valence-electron chi connectivity index (χ2n) is 8.39. The van der Waals surface area contributed by atoms with Crippen molar-refractivity contribution < 1.29 is 14.3 Å². The van der Waals surface area contributed by atoms with Crippen LogP contribution >= 0.6 is 0 Å². The minimum atomic E-state index is -0.362. The van der Waals surface area contributed by atoms with Crippen LogP contribution in [0.15, 0.2) is 0 Å². The summed E-state index contributed by atoms with van der Waals surface area (Å²) in [4.78, 5) is 28.7. The van der Waals surface area contributed by atoms with E-state index in [0.29, 0.717) is 19.0 Å². The lowest BCUT2D eigenvalue weighted by Gasteiger charge is -2.30. The molecule has 5 nitrogen and oxygen atoms in total. The summed E-state index contributed by atoms with van der Waals surface area (Å²) >= 11 is 0. The Balaban J connectivity index is 1.80. The number of amides is 2. The third-order valence-corrected chi connectivity index (χ3v) is 5.23. The van der Waals surface area contributed by atoms with Gasteiger partial charge in [-0.2, -0.15) is 0 Å². The minimum Gasteiger partial charge on any atom is -0.368 e. The number of rotatable bonds is 3. The highest BCUT2D eigenvalue weighted by Crippen LogP contribution is 2.26. The monoisotopic (exact) mass is 338 g/mol. The predicted octanol–water partition coefficient (Wildman–Crippen LogP) is 2.69. The molecular formula is C19H34N2O3. The smallest absolute Gasteiger partial charge is 0.248 e. The van der Waals surface area contributed by atoms with Crippen LogP contribution in [0.3, 0.4) is 0 Å². The zero-order valence-corrected chi connectivity index (χ0v) is 15.8. The molecule has 2 fully saturated rings. The van der Waals surface area contributed by atoms with Gasteiger partial charge in [0.05, 0.1) is 6.10 Å². The largest absolute Gasteiger partial charge is 0.368 e. The Labute approximate surface area is 146 Å². The number of carbonyl (C=O) groups excluding carboxylic acids is 2. The Bertz CT molecular complexity index is 444. The van der Waals surface area contributed by atoms with E-state index >= 15 is 0 Å². The van der Waals surface area contributed by atoms with Gasteiger partial charge in [0.25, 0.3) is 0 Å². The van der Waals surface area contributed by atoms with Crippen LogP contribution in [0.25, 0.3) is 0 Å². The van der Waals surface area contributed by atoms with E-state index in [9.17, 15) is 9.59 Å². The molecule has 2 amide bonds. The van der Waals surface area contributed by atoms with E-state index < -0.39 is 0 Å². The molecule has 1 aliphatic carbocycles. The van der Waals surface area contributed by atoms with E-state index in [2.05, 4.69) is 6.92 Å². The van der Waals surface area contributed by atoms with E-state index in [0.717, 1.165) is 25.9 Å². The molecule has 0 aromatic rings. The first-order chi connectivity index (χ1) is 11.3. The van der Waals surface area contributed by atoms with Gasteiger partial charge >= 0.3 is 0 Å². The molecular weight excluding hydrogens is 304 g/mol. The summed E-state index contributed by atoms with van der Waals surface area (Å²) in [6.07, 6.45) is 5.83. The van der Waals surface area contributed by atoms with E-state index in [1.165, 1.54) is 19.3 Å². The lowest BCUT2D eigenvalue weighted by atomic mass is 9.88. The van der Waals surface area contributed by atoms with Crippen LogP contribution in [0.2, 0.25) is 0 Å². The van der Waals surface area contributed by atoms with Crippen molar-refractivity contribution in [3.05, 3.63) is 0 Å². The summed E-state index contributed by atoms with van der Waals surface area (Å²) in [6.45, 7) is 10.9. The van der Waals surface area contributed by atoms with Gasteiger partial charge in [0, 0.05) is 31.6 Å². The average Bonchev–Trinajstić information content (AvgIpc) is 2.78. The van der Waals surface area contributed by atoms with Gasteiger partial charge in [0.15, 0.2) is 0 Å². The molecule has 1 heterocycles. The van der Waals surface area contributed by atoms with Gasteiger partial charge in [0.2, 0.25) is 11.8 Å². The molecule has 1 saturated carbocycles. The van der Waals surface area contributed by atoms with Crippen LogP contribution in [0.4, 0.5) is 0 Å². The summed E-state index contributed by atoms with van der Waals surface area (Å²) in [5.41, 5.74) is -0.362. The molecule has 2 rings (SSSR count). The molecule has 0 radical (unpaired) electrons. The first-order valence-corrected chi connectivity index (χ1v) is 9.48. The molecule has 0 unspecified atom stereocenters. The SMILES string of the molecule is C[C@H]1CCCC[C@@H]1OCC(=O)N1CCCN(C(=O)C(C)(C)C)CC1. The van der Waals surface area contributed by atoms with Crippen LogP contribution in [-0.2, 0) is 14.3 Å². The zero-order chi connectivity index (χ0) is 17.7. The van der Waals surface area contributed by atoms with E-state index in [-0.39, 0.29) is 29.9 Å². The maximum absolute atomic E-state index is 12.5. The molecule has 0 spiro atoms. The second-order valence-corrected chi connectivity index (χ2v) is 8.39. The first-order valence-electron chi connectivity index (χ1n) is 9.48. The van der Waals surface area contributed by atoms with Crippen molar-refractivity contribution in [1.82, 2.24) is 9.80 Å². The van der Waals surface area contributed by atoms with Crippen molar-refractivity contribution >= 4 is 11.8 Å². The molecule has 5 heteroatoms. The molecule has 0 N–H and O–H groups in total. The van der Waals surface area contributed by atoms with Gasteiger partial charge in [-0.1, -0.05) is 40.5 Å². The summed E-state index contributed by atoms with van der Waals surface area (Å²) < 4.78 is 5.91. The maximum Gasteiger partial charge on any atom is 0.248 e. The van der Waals surface area contributed by atoms with E-state index in [4.69, 9.17) is 4.74 Å². The third kappa shape index (κ3) is 5.20. The maximum atomic E-state index is 12.5. The molecule has 24 heavy (non-hydrogen) atoms. The Morgan fingerprint density at radius 2 is 1.58 bits per heavy atom. The van der Waals surface area contributed by atoms with Crippen LogP contribution in [0, 0.1) is 11.3 Å². The topological polar surface area (TPSA) is 49.9 Å². The average molecular weight is 338 g/mol. The van der Waals surface area contributed by atoms with Crippen LogP contribution < -0.4 is 0 Å². The van der Waals surface area contributed by atoms with Crippen LogP contribution in [0.1, 0.15) is 59.8 Å². The van der Waals surface area contributed by atoms with E-state index in [1.807, 2.05) is 30.6 Å². The molecule has 1 aliphatic heterocycles. The summed E-state index contributed by atoms with van der Waals surface area (Å²) in [5, 5.41) is 0. The number of hydrogen-bond donors (Lipinski definition) is 0. The first kappa shape index (κ1) is 19.2. The van der Waals surface area contributed by atoms with Crippen molar-refractivity contribution in [3.8, 4) is 0 Å². The third-order valence-electron chi connectivity index (χ3n) is 5.23. The fourth-order valence-electron chi connectivity index (χ4n) is 3.64. The highest BCUT2D eigenvalue weighted by molar-refractivity contribution is 5.82. The van der Waals surface area contributed by atoms with Gasteiger partial charge in [-0.3, -0.25) is 9.59 Å². The van der Waals surface area contributed by atoms with Gasteiger partial charge in [-0.25, -0.2) is 0 Å². The molecule has 138 valence electrons. The Hall–Kier alpha value is -1.10. The normalized spacial score (nSPS) is 26.2. The van der Waals surface area contributed by atoms with Gasteiger partial charge < -0.3 is 14.5 Å². The quantitative estimate of drug-likeness (QED) is 0.795. The van der Waals surface area contributed by atoms with Gasteiger partial charge in [-0.15, -0.1) is 0 Å². The zero-order valence-electron chi connectivity index (χ0n) is 15.8. The fourth-order valence-corrected chi connectivity index (χ4v) is 3.64. The van der Waals surface area contributed by atoms with Crippen molar-refractivity contribution in [2.75, 3.05) is 32.8 Å². The lowest BCUT2D eigenvalue weighted by molar-refractivity contribution is -0.142. The van der Waals surface area contributed by atoms with Crippen LogP contribution in [-0.4, -0.2) is 60.5 Å². The summed E-state index contributed by atoms with van der Waals surface area (Å²) in [6, 6.07) is 0. The van der Waals surface area contributed by atoms with Crippen molar-refractivity contribution in [2.24, 2.45) is 11.3 Å². The van der Waals surface area contributed by atoms with Crippen LogP contribution in [0.5, 0.6) is 0 Å². The highest BCUT2D eigenvalue weighted by atomic mass is 16.5. The van der Waals surface area contributed by atoms with Crippen molar-refractivity contribution in [1.29, 1.82) is 0 Å². The van der Waals surface area contributed by atoms with Crippen molar-refractivity contribution in [3.63, 3.8) is 0 Å². The molecule has 2 aliphatic rings. The number of hydrogen-bond acceptors (Lipinski definition) is 3. The molecule has 0 aromatic heterocycles. The number of nitrogens with zero attached hydrogens (tertiary/aromatic N) is 2. The lowest BCUT2D eigenvalue weighted by Crippen LogP contribution is -2.43.